The Balaban J connectivity index is 1.05. The second-order valence-corrected chi connectivity index (χ2v) is 16.3. The zero-order valence-corrected chi connectivity index (χ0v) is 30.3. The molecule has 0 unspecified atom stereocenters. The van der Waals surface area contributed by atoms with Gasteiger partial charge < -0.3 is 9.32 Å². The van der Waals surface area contributed by atoms with E-state index in [2.05, 4.69) is 146 Å². The standard InChI is InChI=1S/C51H43NO/c1-3-40(19-16-32(2)36-18-23-50-46(30-36)44-13-7-9-15-49(44)53-50)52(41-20-17-35-10-4-5-11-37(35)29-41)42-21-22-48-45(31-42)43-12-6-8-14-47(43)51(48)38-25-33-24-34(27-38)28-39(51)26-33/h3-23,29-31,33-34,38-39H,1,24-28H2,2H3/b32-16+,40-19+. The van der Waals surface area contributed by atoms with Crippen LogP contribution in [0.1, 0.15) is 55.7 Å². The first-order valence-electron chi connectivity index (χ1n) is 19.5. The van der Waals surface area contributed by atoms with Gasteiger partial charge in [0.15, 0.2) is 0 Å². The fourth-order valence-electron chi connectivity index (χ4n) is 11.6. The van der Waals surface area contributed by atoms with Gasteiger partial charge in [-0.3, -0.25) is 0 Å². The van der Waals surface area contributed by atoms with Crippen LogP contribution in [-0.4, -0.2) is 0 Å². The summed E-state index contributed by atoms with van der Waals surface area (Å²) in [5.74, 6) is 3.36. The first-order valence-corrected chi connectivity index (χ1v) is 19.5. The summed E-state index contributed by atoms with van der Waals surface area (Å²) < 4.78 is 6.13. The van der Waals surface area contributed by atoms with E-state index in [9.17, 15) is 0 Å². The van der Waals surface area contributed by atoms with E-state index in [1.807, 2.05) is 18.2 Å². The van der Waals surface area contributed by atoms with Gasteiger partial charge in [0, 0.05) is 33.3 Å². The Hall–Kier alpha value is -5.60. The Morgan fingerprint density at radius 1 is 0.623 bits per heavy atom. The number of allylic oxidation sites excluding steroid dienone is 4. The molecule has 1 spiro atoms. The summed E-state index contributed by atoms with van der Waals surface area (Å²) in [6.07, 6.45) is 13.5. The molecule has 7 aromatic rings. The normalized spacial score (nSPS) is 24.3. The fourth-order valence-corrected chi connectivity index (χ4v) is 11.6. The lowest BCUT2D eigenvalue weighted by Gasteiger charge is -2.61. The van der Waals surface area contributed by atoms with Gasteiger partial charge in [0.1, 0.15) is 11.2 Å². The van der Waals surface area contributed by atoms with Gasteiger partial charge in [0.05, 0.1) is 0 Å². The fraction of sp³-hybridized carbons (Fsp3) is 0.216. The van der Waals surface area contributed by atoms with Crippen LogP contribution in [0.15, 0.2) is 162 Å². The highest BCUT2D eigenvalue weighted by Crippen LogP contribution is 2.69. The molecule has 2 heteroatoms. The van der Waals surface area contributed by atoms with Crippen LogP contribution in [0.2, 0.25) is 0 Å². The van der Waals surface area contributed by atoms with Crippen LogP contribution in [0.4, 0.5) is 11.4 Å². The molecule has 0 aliphatic heterocycles. The molecule has 0 saturated heterocycles. The van der Waals surface area contributed by atoms with Crippen LogP contribution >= 0.6 is 0 Å². The van der Waals surface area contributed by atoms with Gasteiger partial charge in [-0.25, -0.2) is 0 Å². The van der Waals surface area contributed by atoms with Gasteiger partial charge in [-0.1, -0.05) is 97.6 Å². The van der Waals surface area contributed by atoms with E-state index >= 15 is 0 Å². The van der Waals surface area contributed by atoms with Crippen molar-refractivity contribution in [3.8, 4) is 11.1 Å². The maximum Gasteiger partial charge on any atom is 0.135 e. The Bertz CT molecular complexity index is 2660. The minimum absolute atomic E-state index is 0.157. The molecule has 2 nitrogen and oxygen atoms in total. The van der Waals surface area contributed by atoms with Crippen molar-refractivity contribution in [1.82, 2.24) is 0 Å². The van der Waals surface area contributed by atoms with Crippen molar-refractivity contribution in [2.24, 2.45) is 23.7 Å². The van der Waals surface area contributed by atoms with Gasteiger partial charge in [-0.2, -0.15) is 0 Å². The molecule has 6 aromatic carbocycles. The van der Waals surface area contributed by atoms with Crippen LogP contribution in [0.25, 0.3) is 49.4 Å². The molecular formula is C51H43NO. The second-order valence-electron chi connectivity index (χ2n) is 16.3. The van der Waals surface area contributed by atoms with E-state index in [4.69, 9.17) is 4.42 Å². The first-order chi connectivity index (χ1) is 26.1. The largest absolute Gasteiger partial charge is 0.456 e. The third kappa shape index (κ3) is 4.57. The maximum atomic E-state index is 6.13. The Labute approximate surface area is 311 Å². The number of furan rings is 1. The monoisotopic (exact) mass is 685 g/mol. The van der Waals surface area contributed by atoms with Crippen molar-refractivity contribution in [2.45, 2.75) is 44.4 Å². The lowest BCUT2D eigenvalue weighted by molar-refractivity contribution is -0.0399. The molecule has 1 heterocycles. The summed E-state index contributed by atoms with van der Waals surface area (Å²) in [5, 5.41) is 4.76. The summed E-state index contributed by atoms with van der Waals surface area (Å²) in [6.45, 7) is 6.58. The van der Waals surface area contributed by atoms with E-state index in [-0.39, 0.29) is 5.41 Å². The molecule has 4 saturated carbocycles. The van der Waals surface area contributed by atoms with Crippen LogP contribution < -0.4 is 4.90 Å². The highest BCUT2D eigenvalue weighted by Gasteiger charge is 2.61. The zero-order valence-electron chi connectivity index (χ0n) is 30.3. The number of benzene rings is 6. The van der Waals surface area contributed by atoms with Crippen LogP contribution in [0, 0.1) is 23.7 Å². The number of fused-ring (bicyclic) bond motifs is 7. The summed E-state index contributed by atoms with van der Waals surface area (Å²) in [6, 6.07) is 47.1. The average Bonchev–Trinajstić information content (AvgIpc) is 3.71. The molecule has 0 amide bonds. The topological polar surface area (TPSA) is 16.4 Å². The highest BCUT2D eigenvalue weighted by atomic mass is 16.3. The van der Waals surface area contributed by atoms with Crippen molar-refractivity contribution >= 4 is 49.7 Å². The average molecular weight is 686 g/mol. The molecule has 1 aromatic heterocycles. The van der Waals surface area contributed by atoms with Crippen molar-refractivity contribution in [2.75, 3.05) is 4.90 Å². The molecule has 258 valence electrons. The van der Waals surface area contributed by atoms with Gasteiger partial charge >= 0.3 is 0 Å². The third-order valence-corrected chi connectivity index (χ3v) is 13.6. The third-order valence-electron chi connectivity index (χ3n) is 13.6. The smallest absolute Gasteiger partial charge is 0.135 e. The summed E-state index contributed by atoms with van der Waals surface area (Å²) in [4.78, 5) is 2.40. The first kappa shape index (κ1) is 31.0. The van der Waals surface area contributed by atoms with Crippen LogP contribution in [0.3, 0.4) is 0 Å². The Kier molecular flexibility index (Phi) is 6.84. The van der Waals surface area contributed by atoms with Crippen molar-refractivity contribution < 1.29 is 4.42 Å². The van der Waals surface area contributed by atoms with Crippen LogP contribution in [0.5, 0.6) is 0 Å². The molecule has 0 radical (unpaired) electrons. The minimum atomic E-state index is 0.157. The van der Waals surface area contributed by atoms with Gasteiger partial charge in [0.25, 0.3) is 0 Å². The van der Waals surface area contributed by atoms with Crippen molar-refractivity contribution in [1.29, 1.82) is 0 Å². The van der Waals surface area contributed by atoms with E-state index in [0.717, 1.165) is 62.7 Å². The zero-order chi connectivity index (χ0) is 35.3. The van der Waals surface area contributed by atoms with Gasteiger partial charge in [0.2, 0.25) is 0 Å². The lowest BCUT2D eigenvalue weighted by Crippen LogP contribution is -2.55. The van der Waals surface area contributed by atoms with Crippen LogP contribution in [-0.2, 0) is 5.41 Å². The van der Waals surface area contributed by atoms with E-state index in [1.54, 1.807) is 11.1 Å². The van der Waals surface area contributed by atoms with E-state index < -0.39 is 0 Å². The predicted octanol–water partition coefficient (Wildman–Crippen LogP) is 13.8. The SMILES string of the molecule is C=C/C(=C\C=C(/C)c1ccc2oc3ccccc3c2c1)N(c1ccc2c(c1)-c1ccccc1C21C2CC3CC(C2)CC1C3)c1ccc2ccccc2c1. The molecule has 0 N–H and O–H groups in total. The quantitative estimate of drug-likeness (QED) is 0.162. The van der Waals surface area contributed by atoms with Gasteiger partial charge in [-0.05, 0) is 161 Å². The molecule has 12 rings (SSSR count). The lowest BCUT2D eigenvalue weighted by atomic mass is 9.43. The number of para-hydroxylation sites is 1. The molecule has 53 heavy (non-hydrogen) atoms. The van der Waals surface area contributed by atoms with E-state index in [0.29, 0.717) is 0 Å². The molecule has 5 aliphatic carbocycles. The molecule has 4 fully saturated rings. The second kappa shape index (κ2) is 11.7. The van der Waals surface area contributed by atoms with Gasteiger partial charge in [-0.15, -0.1) is 0 Å². The highest BCUT2D eigenvalue weighted by molar-refractivity contribution is 6.05. The predicted molar refractivity (Wildman–Crippen MR) is 221 cm³/mol. The van der Waals surface area contributed by atoms with E-state index in [1.165, 1.54) is 65.1 Å². The number of anilines is 2. The Morgan fingerprint density at radius 3 is 2.13 bits per heavy atom. The molecule has 0 atom stereocenters. The summed E-state index contributed by atoms with van der Waals surface area (Å²) in [7, 11) is 0. The number of nitrogens with zero attached hydrogens (tertiary/aromatic N) is 1. The number of rotatable bonds is 6. The number of hydrogen-bond donors (Lipinski definition) is 0. The maximum absolute atomic E-state index is 6.13. The minimum Gasteiger partial charge on any atom is -0.456 e. The molecular weight excluding hydrogens is 643 g/mol. The molecule has 4 bridgehead atoms. The van der Waals surface area contributed by atoms with Crippen molar-refractivity contribution in [3.05, 3.63) is 175 Å². The van der Waals surface area contributed by atoms with Crippen molar-refractivity contribution in [3.63, 3.8) is 0 Å². The summed E-state index contributed by atoms with van der Waals surface area (Å²) in [5.41, 5.74) is 13.7. The Morgan fingerprint density at radius 2 is 1.30 bits per heavy atom. The summed E-state index contributed by atoms with van der Waals surface area (Å²) >= 11 is 0. The number of hydrogen-bond acceptors (Lipinski definition) is 2. The molecule has 5 aliphatic rings.